The molecule has 0 N–H and O–H groups in total. The Hall–Kier alpha value is -1.14. The second-order valence-corrected chi connectivity index (χ2v) is 3.08. The number of allylic oxidation sites excluding steroid dienone is 1. The molecule has 0 rings (SSSR count). The third kappa shape index (κ3) is 4.16. The van der Waals surface area contributed by atoms with E-state index in [-0.39, 0.29) is 5.57 Å². The van der Waals surface area contributed by atoms with Crippen LogP contribution in [0.25, 0.3) is 0 Å². The molecule has 0 aromatic heterocycles. The summed E-state index contributed by atoms with van der Waals surface area (Å²) in [5, 5.41) is 0. The molecule has 0 aromatic carbocycles. The van der Waals surface area contributed by atoms with E-state index in [1.807, 2.05) is 0 Å². The first-order valence-corrected chi connectivity index (χ1v) is 4.46. The van der Waals surface area contributed by atoms with Crippen molar-refractivity contribution in [1.29, 1.82) is 0 Å². The van der Waals surface area contributed by atoms with Crippen molar-refractivity contribution in [1.82, 2.24) is 0 Å². The van der Waals surface area contributed by atoms with E-state index in [0.29, 0.717) is 12.8 Å². The fraction of sp³-hybridized carbons (Fsp3) is 0.667. The number of hydrogen-bond donors (Lipinski definition) is 0. The lowest BCUT2D eigenvalue weighted by molar-refractivity contribution is -0.375. The first-order chi connectivity index (χ1) is 7.12. The Labute approximate surface area is 89.1 Å². The molecule has 0 amide bonds. The van der Waals surface area contributed by atoms with Crippen LogP contribution in [-0.4, -0.2) is 18.3 Å². The van der Waals surface area contributed by atoms with Crippen molar-refractivity contribution in [2.45, 2.75) is 39.0 Å². The molecule has 2 nitrogen and oxygen atoms in total. The zero-order valence-electron chi connectivity index (χ0n) is 8.70. The molecule has 16 heavy (non-hydrogen) atoms. The number of unbranched alkanes of at least 4 members (excludes halogenated alkanes) is 1. The van der Waals surface area contributed by atoms with Gasteiger partial charge in [-0.15, -0.1) is 0 Å². The summed E-state index contributed by atoms with van der Waals surface area (Å²) in [5.74, 6) is -1.67. The summed E-state index contributed by atoms with van der Waals surface area (Å²) in [4.78, 5) is 10.8. The average molecular weight is 246 g/mol. The number of halogens is 5. The number of hydrogen-bond acceptors (Lipinski definition) is 2. The number of carbonyl (C=O) groups excluding carboxylic acids is 1. The highest BCUT2D eigenvalue weighted by Crippen LogP contribution is 2.36. The Morgan fingerprint density at radius 2 is 1.75 bits per heavy atom. The van der Waals surface area contributed by atoms with E-state index in [4.69, 9.17) is 0 Å². The molecule has 0 aromatic rings. The van der Waals surface area contributed by atoms with Gasteiger partial charge in [0.2, 0.25) is 0 Å². The Morgan fingerprint density at radius 3 is 2.12 bits per heavy atom. The normalized spacial score (nSPS) is 13.8. The monoisotopic (exact) mass is 246 g/mol. The standard InChI is InChI=1S/C9H11F5O2/c1-3-4-5-6(2)7(15)16-9(13,14)8(10,11)12/h5H,3-4H2,1-2H3. The molecule has 0 aliphatic rings. The SMILES string of the molecule is CCCC=C(C)C(=O)OC(F)(F)C(F)(F)F. The molecular weight excluding hydrogens is 235 g/mol. The van der Waals surface area contributed by atoms with Gasteiger partial charge < -0.3 is 4.74 Å². The van der Waals surface area contributed by atoms with Crippen molar-refractivity contribution in [3.8, 4) is 0 Å². The summed E-state index contributed by atoms with van der Waals surface area (Å²) in [6.07, 6.45) is -9.06. The average Bonchev–Trinajstić information content (AvgIpc) is 2.11. The Morgan fingerprint density at radius 1 is 1.25 bits per heavy atom. The Kier molecular flexibility index (Phi) is 4.89. The minimum atomic E-state index is -5.90. The molecule has 0 spiro atoms. The Bertz CT molecular complexity index is 280. The highest BCUT2D eigenvalue weighted by Gasteiger charge is 2.62. The van der Waals surface area contributed by atoms with Gasteiger partial charge in [-0.1, -0.05) is 19.4 Å². The van der Waals surface area contributed by atoms with Crippen molar-refractivity contribution >= 4 is 5.97 Å². The fourth-order valence-corrected chi connectivity index (χ4v) is 0.699. The smallest absolute Gasteiger partial charge is 0.390 e. The summed E-state index contributed by atoms with van der Waals surface area (Å²) in [6, 6.07) is 0. The van der Waals surface area contributed by atoms with Crippen LogP contribution in [0.15, 0.2) is 11.6 Å². The van der Waals surface area contributed by atoms with Gasteiger partial charge in [0.15, 0.2) is 0 Å². The number of carbonyl (C=O) groups is 1. The number of ether oxygens (including phenoxy) is 1. The van der Waals surface area contributed by atoms with Gasteiger partial charge in [-0.3, -0.25) is 0 Å². The van der Waals surface area contributed by atoms with Crippen LogP contribution in [0, 0.1) is 0 Å². The molecule has 0 bridgehead atoms. The quantitative estimate of drug-likeness (QED) is 0.431. The van der Waals surface area contributed by atoms with Gasteiger partial charge in [0.1, 0.15) is 0 Å². The molecule has 0 unspecified atom stereocenters. The predicted molar refractivity (Wildman–Crippen MR) is 45.8 cm³/mol. The van der Waals surface area contributed by atoms with Crippen molar-refractivity contribution < 1.29 is 31.5 Å². The lowest BCUT2D eigenvalue weighted by Gasteiger charge is -2.18. The van der Waals surface area contributed by atoms with E-state index >= 15 is 0 Å². The maximum Gasteiger partial charge on any atom is 0.501 e. The molecule has 0 saturated heterocycles. The van der Waals surface area contributed by atoms with E-state index < -0.39 is 18.3 Å². The van der Waals surface area contributed by atoms with Gasteiger partial charge in [0.05, 0.1) is 0 Å². The van der Waals surface area contributed by atoms with Gasteiger partial charge in [0.25, 0.3) is 0 Å². The maximum atomic E-state index is 12.3. The van der Waals surface area contributed by atoms with E-state index in [1.54, 1.807) is 6.92 Å². The largest absolute Gasteiger partial charge is 0.501 e. The van der Waals surface area contributed by atoms with Gasteiger partial charge in [-0.05, 0) is 13.3 Å². The van der Waals surface area contributed by atoms with Gasteiger partial charge in [-0.25, -0.2) is 4.79 Å². The van der Waals surface area contributed by atoms with E-state index in [9.17, 15) is 26.7 Å². The maximum absolute atomic E-state index is 12.3. The van der Waals surface area contributed by atoms with Crippen LogP contribution in [-0.2, 0) is 9.53 Å². The third-order valence-electron chi connectivity index (χ3n) is 1.61. The Balaban J connectivity index is 4.57. The summed E-state index contributed by atoms with van der Waals surface area (Å²) in [5.41, 5.74) is -0.272. The van der Waals surface area contributed by atoms with Crippen molar-refractivity contribution in [3.63, 3.8) is 0 Å². The van der Waals surface area contributed by atoms with Crippen LogP contribution >= 0.6 is 0 Å². The fourth-order valence-electron chi connectivity index (χ4n) is 0.699. The molecule has 0 saturated carbocycles. The summed E-state index contributed by atoms with van der Waals surface area (Å²) < 4.78 is 62.6. The highest BCUT2D eigenvalue weighted by atomic mass is 19.4. The van der Waals surface area contributed by atoms with Crippen molar-refractivity contribution in [2.75, 3.05) is 0 Å². The third-order valence-corrected chi connectivity index (χ3v) is 1.61. The zero-order valence-corrected chi connectivity index (χ0v) is 8.70. The number of esters is 1. The topological polar surface area (TPSA) is 26.3 Å². The van der Waals surface area contributed by atoms with E-state index in [0.717, 1.165) is 6.92 Å². The molecule has 0 fully saturated rings. The van der Waals surface area contributed by atoms with Crippen LogP contribution < -0.4 is 0 Å². The van der Waals surface area contributed by atoms with Gasteiger partial charge in [0, 0.05) is 5.57 Å². The second-order valence-electron chi connectivity index (χ2n) is 3.08. The van der Waals surface area contributed by atoms with Crippen LogP contribution in [0.3, 0.4) is 0 Å². The number of alkyl halides is 5. The van der Waals surface area contributed by atoms with Gasteiger partial charge in [-0.2, -0.15) is 22.0 Å². The molecule has 7 heteroatoms. The predicted octanol–water partition coefficient (Wildman–Crippen LogP) is 3.43. The van der Waals surface area contributed by atoms with Crippen LogP contribution in [0.5, 0.6) is 0 Å². The van der Waals surface area contributed by atoms with E-state index in [1.165, 1.54) is 6.08 Å². The lowest BCUT2D eigenvalue weighted by atomic mass is 10.2. The van der Waals surface area contributed by atoms with Crippen LogP contribution in [0.2, 0.25) is 0 Å². The minimum Gasteiger partial charge on any atom is -0.390 e. The summed E-state index contributed by atoms with van der Waals surface area (Å²) >= 11 is 0. The van der Waals surface area contributed by atoms with Crippen LogP contribution in [0.1, 0.15) is 26.7 Å². The zero-order chi connectivity index (χ0) is 13.0. The number of rotatable bonds is 4. The first-order valence-electron chi connectivity index (χ1n) is 4.46. The van der Waals surface area contributed by atoms with E-state index in [2.05, 4.69) is 4.74 Å². The molecule has 94 valence electrons. The minimum absolute atomic E-state index is 0.272. The highest BCUT2D eigenvalue weighted by molar-refractivity contribution is 5.87. The summed E-state index contributed by atoms with van der Waals surface area (Å²) in [7, 11) is 0. The summed E-state index contributed by atoms with van der Waals surface area (Å²) in [6.45, 7) is 2.88. The molecule has 0 atom stereocenters. The van der Waals surface area contributed by atoms with Crippen LogP contribution in [0.4, 0.5) is 22.0 Å². The molecule has 0 heterocycles. The molecular formula is C9H11F5O2. The van der Waals surface area contributed by atoms with Crippen molar-refractivity contribution in [3.05, 3.63) is 11.6 Å². The molecule has 0 aliphatic carbocycles. The molecule has 0 radical (unpaired) electrons. The van der Waals surface area contributed by atoms with Crippen molar-refractivity contribution in [2.24, 2.45) is 0 Å². The lowest BCUT2D eigenvalue weighted by Crippen LogP contribution is -2.41. The second kappa shape index (κ2) is 5.27. The molecule has 0 aliphatic heterocycles. The first kappa shape index (κ1) is 14.9. The van der Waals surface area contributed by atoms with Gasteiger partial charge >= 0.3 is 18.3 Å².